The summed E-state index contributed by atoms with van der Waals surface area (Å²) in [4.78, 5) is 28.4. The summed E-state index contributed by atoms with van der Waals surface area (Å²) in [7, 11) is 0. The molecule has 1 amide bonds. The Kier molecular flexibility index (Phi) is 5.84. The minimum Gasteiger partial charge on any atom is -0.370 e. The molecule has 0 radical (unpaired) electrons. The van der Waals surface area contributed by atoms with Gasteiger partial charge in [0.2, 0.25) is 0 Å². The second-order valence-electron chi connectivity index (χ2n) is 8.29. The molecule has 1 aliphatic heterocycles. The van der Waals surface area contributed by atoms with Crippen molar-refractivity contribution in [2.45, 2.75) is 39.7 Å². The van der Waals surface area contributed by atoms with Crippen LogP contribution >= 0.6 is 0 Å². The molecule has 2 heterocycles. The summed E-state index contributed by atoms with van der Waals surface area (Å²) in [6.45, 7) is 6.50. The number of hydrogen-bond donors (Lipinski definition) is 1. The molecule has 6 nitrogen and oxygen atoms in total. The number of nitrogens with one attached hydrogen (secondary N) is 1. The highest BCUT2D eigenvalue weighted by atomic mass is 16.2. The molecule has 1 fully saturated rings. The lowest BCUT2D eigenvalue weighted by atomic mass is 10.1. The van der Waals surface area contributed by atoms with Crippen LogP contribution < -0.4 is 15.8 Å². The molecule has 1 N–H and O–H groups in total. The zero-order valence-corrected chi connectivity index (χ0v) is 17.6. The highest BCUT2D eigenvalue weighted by molar-refractivity contribution is 6.12. The summed E-state index contributed by atoms with van der Waals surface area (Å²) >= 11 is 0. The number of hydrogen-bond acceptors (Lipinski definition) is 4. The standard InChI is InChI=1S/C24H28N4O2/c1-17(2)16-28-24(30)19-11-5-4-10-18(19)22(26-28)23(29)25-20-12-6-7-13-21(20)27-14-8-3-9-15-27/h4-7,10-13,17H,3,8-9,14-16H2,1-2H3,(H,25,29). The van der Waals surface area contributed by atoms with Crippen LogP contribution in [-0.4, -0.2) is 28.8 Å². The minimum atomic E-state index is -0.298. The van der Waals surface area contributed by atoms with Crippen molar-refractivity contribution in [3.05, 3.63) is 64.6 Å². The quantitative estimate of drug-likeness (QED) is 0.689. The zero-order valence-electron chi connectivity index (χ0n) is 17.6. The fourth-order valence-corrected chi connectivity index (χ4v) is 4.04. The molecular formula is C24H28N4O2. The Hall–Kier alpha value is -3.15. The van der Waals surface area contributed by atoms with Crippen LogP contribution in [0.3, 0.4) is 0 Å². The molecule has 0 atom stereocenters. The number of piperidine rings is 1. The Balaban J connectivity index is 1.72. The van der Waals surface area contributed by atoms with Crippen molar-refractivity contribution >= 4 is 28.1 Å². The van der Waals surface area contributed by atoms with Crippen LogP contribution in [0.4, 0.5) is 11.4 Å². The average molecular weight is 405 g/mol. The number of carbonyl (C=O) groups excluding carboxylic acids is 1. The Morgan fingerprint density at radius 3 is 2.40 bits per heavy atom. The lowest BCUT2D eigenvalue weighted by Crippen LogP contribution is -2.31. The van der Waals surface area contributed by atoms with E-state index in [-0.39, 0.29) is 23.1 Å². The summed E-state index contributed by atoms with van der Waals surface area (Å²) < 4.78 is 1.42. The number of benzene rings is 2. The van der Waals surface area contributed by atoms with E-state index >= 15 is 0 Å². The molecule has 0 unspecified atom stereocenters. The van der Waals surface area contributed by atoms with E-state index in [0.717, 1.165) is 37.3 Å². The van der Waals surface area contributed by atoms with Gasteiger partial charge in [-0.3, -0.25) is 9.59 Å². The first-order valence-electron chi connectivity index (χ1n) is 10.7. The third-order valence-corrected chi connectivity index (χ3v) is 5.47. The molecular weight excluding hydrogens is 376 g/mol. The van der Waals surface area contributed by atoms with Gasteiger partial charge in [-0.1, -0.05) is 44.2 Å². The molecule has 2 aromatic carbocycles. The Labute approximate surface area is 176 Å². The van der Waals surface area contributed by atoms with E-state index < -0.39 is 0 Å². The van der Waals surface area contributed by atoms with Crippen LogP contribution in [0.15, 0.2) is 53.3 Å². The zero-order chi connectivity index (χ0) is 21.1. The second kappa shape index (κ2) is 8.69. The van der Waals surface area contributed by atoms with E-state index in [4.69, 9.17) is 0 Å². The highest BCUT2D eigenvalue weighted by Crippen LogP contribution is 2.29. The fourth-order valence-electron chi connectivity index (χ4n) is 4.04. The SMILES string of the molecule is CC(C)Cn1nc(C(=O)Nc2ccccc2N2CCCCC2)c2ccccc2c1=O. The van der Waals surface area contributed by atoms with E-state index in [1.165, 1.54) is 11.1 Å². The Morgan fingerprint density at radius 2 is 1.67 bits per heavy atom. The van der Waals surface area contributed by atoms with Crippen LogP contribution in [0, 0.1) is 5.92 Å². The first-order chi connectivity index (χ1) is 14.5. The normalized spacial score (nSPS) is 14.3. The maximum atomic E-state index is 13.3. The number of amides is 1. The molecule has 30 heavy (non-hydrogen) atoms. The van der Waals surface area contributed by atoms with Gasteiger partial charge < -0.3 is 10.2 Å². The van der Waals surface area contributed by atoms with Gasteiger partial charge in [-0.25, -0.2) is 4.68 Å². The van der Waals surface area contributed by atoms with E-state index in [0.29, 0.717) is 17.3 Å². The van der Waals surface area contributed by atoms with Gasteiger partial charge in [-0.05, 0) is 43.4 Å². The van der Waals surface area contributed by atoms with Gasteiger partial charge in [0.15, 0.2) is 5.69 Å². The molecule has 6 heteroatoms. The van der Waals surface area contributed by atoms with E-state index in [1.807, 2.05) is 50.2 Å². The predicted octanol–water partition coefficient (Wildman–Crippen LogP) is 4.30. The summed E-state index contributed by atoms with van der Waals surface area (Å²) in [5, 5.41) is 8.61. The number of anilines is 2. The summed E-state index contributed by atoms with van der Waals surface area (Å²) in [5.74, 6) is -0.0553. The van der Waals surface area contributed by atoms with Crippen LogP contribution in [-0.2, 0) is 6.54 Å². The van der Waals surface area contributed by atoms with Crippen molar-refractivity contribution < 1.29 is 4.79 Å². The number of carbonyl (C=O) groups is 1. The molecule has 156 valence electrons. The number of aromatic nitrogens is 2. The number of nitrogens with zero attached hydrogens (tertiary/aromatic N) is 3. The van der Waals surface area contributed by atoms with Crippen molar-refractivity contribution in [2.75, 3.05) is 23.3 Å². The first kappa shape index (κ1) is 20.1. The van der Waals surface area contributed by atoms with Crippen LogP contribution in [0.25, 0.3) is 10.8 Å². The van der Waals surface area contributed by atoms with Crippen LogP contribution in [0.1, 0.15) is 43.6 Å². The smallest absolute Gasteiger partial charge is 0.276 e. The van der Waals surface area contributed by atoms with Crippen LogP contribution in [0.5, 0.6) is 0 Å². The molecule has 0 spiro atoms. The van der Waals surface area contributed by atoms with E-state index in [2.05, 4.69) is 15.3 Å². The lowest BCUT2D eigenvalue weighted by molar-refractivity contribution is 0.102. The summed E-state index contributed by atoms with van der Waals surface area (Å²) in [5.41, 5.74) is 1.92. The van der Waals surface area contributed by atoms with Crippen molar-refractivity contribution in [3.63, 3.8) is 0 Å². The monoisotopic (exact) mass is 404 g/mol. The maximum absolute atomic E-state index is 13.3. The van der Waals surface area contributed by atoms with Crippen molar-refractivity contribution in [1.29, 1.82) is 0 Å². The van der Waals surface area contributed by atoms with Gasteiger partial charge in [-0.2, -0.15) is 5.10 Å². The van der Waals surface area contributed by atoms with Gasteiger partial charge in [-0.15, -0.1) is 0 Å². The third-order valence-electron chi connectivity index (χ3n) is 5.47. The number of fused-ring (bicyclic) bond motifs is 1. The molecule has 1 aromatic heterocycles. The van der Waals surface area contributed by atoms with E-state index in [9.17, 15) is 9.59 Å². The summed E-state index contributed by atoms with van der Waals surface area (Å²) in [6, 6.07) is 15.1. The van der Waals surface area contributed by atoms with Crippen molar-refractivity contribution in [2.24, 2.45) is 5.92 Å². The largest absolute Gasteiger partial charge is 0.370 e. The fraction of sp³-hybridized carbons (Fsp3) is 0.375. The predicted molar refractivity (Wildman–Crippen MR) is 121 cm³/mol. The molecule has 4 rings (SSSR count). The third kappa shape index (κ3) is 4.08. The van der Waals surface area contributed by atoms with E-state index in [1.54, 1.807) is 12.1 Å². The van der Waals surface area contributed by atoms with Gasteiger partial charge in [0.1, 0.15) is 0 Å². The summed E-state index contributed by atoms with van der Waals surface area (Å²) in [6.07, 6.45) is 3.57. The highest BCUT2D eigenvalue weighted by Gasteiger charge is 2.20. The molecule has 1 saturated heterocycles. The second-order valence-corrected chi connectivity index (χ2v) is 8.29. The first-order valence-corrected chi connectivity index (χ1v) is 10.7. The lowest BCUT2D eigenvalue weighted by Gasteiger charge is -2.30. The molecule has 0 aliphatic carbocycles. The average Bonchev–Trinajstić information content (AvgIpc) is 2.76. The van der Waals surface area contributed by atoms with Gasteiger partial charge in [0, 0.05) is 25.0 Å². The molecule has 1 aliphatic rings. The minimum absolute atomic E-state index is 0.162. The Morgan fingerprint density at radius 1 is 1.00 bits per heavy atom. The number of para-hydroxylation sites is 2. The maximum Gasteiger partial charge on any atom is 0.276 e. The molecule has 3 aromatic rings. The van der Waals surface area contributed by atoms with Crippen molar-refractivity contribution in [1.82, 2.24) is 9.78 Å². The molecule has 0 bridgehead atoms. The number of rotatable bonds is 5. The van der Waals surface area contributed by atoms with Gasteiger partial charge >= 0.3 is 0 Å². The Bertz CT molecular complexity index is 1110. The molecule has 0 saturated carbocycles. The van der Waals surface area contributed by atoms with Gasteiger partial charge in [0.05, 0.1) is 16.8 Å². The topological polar surface area (TPSA) is 67.2 Å². The van der Waals surface area contributed by atoms with Gasteiger partial charge in [0.25, 0.3) is 11.5 Å². The van der Waals surface area contributed by atoms with Crippen molar-refractivity contribution in [3.8, 4) is 0 Å². The van der Waals surface area contributed by atoms with Crippen LogP contribution in [0.2, 0.25) is 0 Å².